The van der Waals surface area contributed by atoms with Gasteiger partial charge >= 0.3 is 0 Å². The molecule has 1 aromatic rings. The van der Waals surface area contributed by atoms with Crippen LogP contribution in [0.15, 0.2) is 6.20 Å². The Hall–Kier alpha value is -0.320. The smallest absolute Gasteiger partial charge is 0.0594 e. The molecular weight excluding hydrogens is 160 g/mol. The number of hydrogen-bond donors (Lipinski definition) is 1. The fraction of sp³-hybridized carbons (Fsp3) is 0.714. The summed E-state index contributed by atoms with van der Waals surface area (Å²) in [5.41, 5.74) is 0. The van der Waals surface area contributed by atoms with Crippen molar-refractivity contribution in [3.05, 3.63) is 11.1 Å². The summed E-state index contributed by atoms with van der Waals surface area (Å²) >= 11 is 1.73. The first-order valence-electron chi connectivity index (χ1n) is 3.87. The molecule has 0 amide bonds. The van der Waals surface area contributed by atoms with Crippen molar-refractivity contribution >= 4 is 11.5 Å². The van der Waals surface area contributed by atoms with E-state index in [9.17, 15) is 0 Å². The van der Waals surface area contributed by atoms with Crippen LogP contribution in [-0.4, -0.2) is 35.6 Å². The van der Waals surface area contributed by atoms with Crippen molar-refractivity contribution in [2.75, 3.05) is 26.3 Å². The van der Waals surface area contributed by atoms with Crippen LogP contribution in [0, 0.1) is 0 Å². The van der Waals surface area contributed by atoms with Gasteiger partial charge in [0.2, 0.25) is 0 Å². The van der Waals surface area contributed by atoms with Gasteiger partial charge in [0.05, 0.1) is 18.1 Å². The van der Waals surface area contributed by atoms with Crippen molar-refractivity contribution in [1.82, 2.24) is 9.27 Å². The van der Waals surface area contributed by atoms with Crippen molar-refractivity contribution in [3.63, 3.8) is 0 Å². The lowest BCUT2D eigenvalue weighted by atomic mass is 10.4. The maximum atomic E-state index is 5.25. The van der Waals surface area contributed by atoms with Crippen molar-refractivity contribution < 1.29 is 4.74 Å². The molecule has 0 bridgehead atoms. The van der Waals surface area contributed by atoms with Crippen molar-refractivity contribution in [2.24, 2.45) is 0 Å². The van der Waals surface area contributed by atoms with E-state index in [1.165, 1.54) is 4.88 Å². The summed E-state index contributed by atoms with van der Waals surface area (Å²) in [6, 6.07) is 0. The average molecular weight is 172 g/mol. The first-order valence-corrected chi connectivity index (χ1v) is 4.68. The van der Waals surface area contributed by atoms with Gasteiger partial charge in [0.15, 0.2) is 0 Å². The Balaban J connectivity index is 1.79. The van der Waals surface area contributed by atoms with Gasteiger partial charge in [0.25, 0.3) is 0 Å². The molecule has 3 nitrogen and oxygen atoms in total. The molecule has 1 aliphatic heterocycles. The van der Waals surface area contributed by atoms with Crippen LogP contribution >= 0.6 is 11.5 Å². The van der Waals surface area contributed by atoms with Crippen LogP contribution in [0.4, 0.5) is 0 Å². The summed E-state index contributed by atoms with van der Waals surface area (Å²) in [4.78, 5) is 3.86. The molecule has 11 heavy (non-hydrogen) atoms. The number of hydrogen-bond acceptors (Lipinski definition) is 3. The van der Waals surface area contributed by atoms with E-state index >= 15 is 0 Å². The van der Waals surface area contributed by atoms with Gasteiger partial charge in [0, 0.05) is 25.8 Å². The Morgan fingerprint density at radius 3 is 2.82 bits per heavy atom. The maximum absolute atomic E-state index is 5.25. The minimum atomic E-state index is 0.894. The Morgan fingerprint density at radius 1 is 1.55 bits per heavy atom. The van der Waals surface area contributed by atoms with E-state index in [2.05, 4.69) is 15.5 Å². The molecule has 0 atom stereocenters. The van der Waals surface area contributed by atoms with Gasteiger partial charge in [-0.1, -0.05) is 11.5 Å². The van der Waals surface area contributed by atoms with Crippen LogP contribution < -0.4 is 0 Å². The lowest BCUT2D eigenvalue weighted by molar-refractivity contribution is 0.0345. The number of aromatic nitrogens is 1. The summed E-state index contributed by atoms with van der Waals surface area (Å²) in [6.07, 6.45) is 2.07. The molecule has 62 valence electrons. The molecular formula is C7H12N2OS. The number of nitrogens with one attached hydrogen (secondary N) is 1. The van der Waals surface area contributed by atoms with Crippen LogP contribution in [-0.2, 0) is 11.3 Å². The Labute approximate surface area is 70.1 Å². The van der Waals surface area contributed by atoms with Crippen LogP contribution in [0.5, 0.6) is 0 Å². The third-order valence-corrected chi connectivity index (χ3v) is 2.64. The second kappa shape index (κ2) is 3.38. The fourth-order valence-electron chi connectivity index (χ4n) is 1.20. The maximum Gasteiger partial charge on any atom is 0.0594 e. The highest BCUT2D eigenvalue weighted by atomic mass is 32.1. The molecule has 0 aromatic carbocycles. The summed E-state index contributed by atoms with van der Waals surface area (Å²) in [6.45, 7) is 5.05. The molecule has 2 rings (SSSR count). The van der Waals surface area contributed by atoms with Crippen molar-refractivity contribution in [3.8, 4) is 0 Å². The quantitative estimate of drug-likeness (QED) is 0.718. The third kappa shape index (κ3) is 1.83. The van der Waals surface area contributed by atoms with Gasteiger partial charge in [-0.15, -0.1) is 0 Å². The molecule has 1 fully saturated rings. The van der Waals surface area contributed by atoms with Gasteiger partial charge in [-0.3, -0.25) is 4.90 Å². The van der Waals surface area contributed by atoms with Gasteiger partial charge in [0.1, 0.15) is 0 Å². The lowest BCUT2D eigenvalue weighted by Gasteiger charge is -2.26. The van der Waals surface area contributed by atoms with Crippen molar-refractivity contribution in [2.45, 2.75) is 6.54 Å². The number of nitrogens with zero attached hydrogens (tertiary/aromatic N) is 1. The SMILES string of the molecule is c1[nH]sc1CN1CCOCC1. The largest absolute Gasteiger partial charge is 0.379 e. The standard InChI is InChI=1S/C7H12N2OS/c1-3-10-4-2-9(1)6-7-5-8-11-7/h5,8H,1-4,6H2. The topological polar surface area (TPSA) is 28.3 Å². The van der Waals surface area contributed by atoms with Gasteiger partial charge in [-0.2, -0.15) is 0 Å². The van der Waals surface area contributed by atoms with E-state index in [-0.39, 0.29) is 0 Å². The minimum Gasteiger partial charge on any atom is -0.379 e. The molecule has 1 saturated heterocycles. The Morgan fingerprint density at radius 2 is 2.27 bits per heavy atom. The number of H-pyrrole nitrogens is 1. The van der Waals surface area contributed by atoms with Crippen LogP contribution in [0.2, 0.25) is 0 Å². The summed E-state index contributed by atoms with van der Waals surface area (Å²) < 4.78 is 8.30. The van der Waals surface area contributed by atoms with Gasteiger partial charge < -0.3 is 9.11 Å². The number of rotatable bonds is 2. The van der Waals surface area contributed by atoms with E-state index in [0.29, 0.717) is 0 Å². The molecule has 0 aliphatic carbocycles. The minimum absolute atomic E-state index is 0.894. The molecule has 1 N–H and O–H groups in total. The highest BCUT2D eigenvalue weighted by Crippen LogP contribution is 2.11. The van der Waals surface area contributed by atoms with E-state index in [1.807, 2.05) is 0 Å². The van der Waals surface area contributed by atoms with E-state index in [4.69, 9.17) is 4.74 Å². The number of aromatic amines is 1. The molecule has 0 radical (unpaired) electrons. The van der Waals surface area contributed by atoms with E-state index in [0.717, 1.165) is 32.8 Å². The molecule has 4 heteroatoms. The summed E-state index contributed by atoms with van der Waals surface area (Å²) in [5, 5.41) is 0. The Kier molecular flexibility index (Phi) is 2.26. The predicted octanol–water partition coefficient (Wildman–Crippen LogP) is 0.908. The first-order chi connectivity index (χ1) is 5.45. The molecule has 2 heterocycles. The second-order valence-electron chi connectivity index (χ2n) is 2.72. The van der Waals surface area contributed by atoms with Gasteiger partial charge in [-0.25, -0.2) is 0 Å². The predicted molar refractivity (Wildman–Crippen MR) is 44.8 cm³/mol. The summed E-state index contributed by atoms with van der Waals surface area (Å²) in [7, 11) is 0. The molecule has 1 aliphatic rings. The highest BCUT2D eigenvalue weighted by Gasteiger charge is 2.11. The zero-order valence-electron chi connectivity index (χ0n) is 6.38. The average Bonchev–Trinajstić information content (AvgIpc) is 1.99. The zero-order valence-corrected chi connectivity index (χ0v) is 7.19. The second-order valence-corrected chi connectivity index (χ2v) is 3.68. The molecule has 0 spiro atoms. The van der Waals surface area contributed by atoms with Crippen LogP contribution in [0.3, 0.4) is 0 Å². The van der Waals surface area contributed by atoms with E-state index < -0.39 is 0 Å². The first kappa shape index (κ1) is 7.34. The van der Waals surface area contributed by atoms with Crippen LogP contribution in [0.25, 0.3) is 0 Å². The third-order valence-electron chi connectivity index (χ3n) is 1.89. The highest BCUT2D eigenvalue weighted by molar-refractivity contribution is 7.06. The van der Waals surface area contributed by atoms with Crippen molar-refractivity contribution in [1.29, 1.82) is 0 Å². The fourth-order valence-corrected chi connectivity index (χ4v) is 1.73. The number of ether oxygens (including phenoxy) is 1. The monoisotopic (exact) mass is 172 g/mol. The molecule has 0 unspecified atom stereocenters. The summed E-state index contributed by atoms with van der Waals surface area (Å²) in [5.74, 6) is 0. The van der Waals surface area contributed by atoms with Crippen LogP contribution in [0.1, 0.15) is 4.88 Å². The van der Waals surface area contributed by atoms with Gasteiger partial charge in [-0.05, 0) is 0 Å². The lowest BCUT2D eigenvalue weighted by Crippen LogP contribution is -2.35. The molecule has 1 aromatic heterocycles. The zero-order chi connectivity index (χ0) is 7.52. The normalized spacial score (nSPS) is 20.7. The Bertz CT molecular complexity index is 193. The molecule has 0 saturated carbocycles. The van der Waals surface area contributed by atoms with E-state index in [1.54, 1.807) is 11.5 Å². The number of morpholine rings is 1.